The van der Waals surface area contributed by atoms with E-state index < -0.39 is 48.2 Å². The summed E-state index contributed by atoms with van der Waals surface area (Å²) in [6.45, 7) is 7.30. The molecule has 5 aliphatic rings. The summed E-state index contributed by atoms with van der Waals surface area (Å²) in [7, 11) is 0. The molecule has 0 aliphatic carbocycles. The molecule has 0 unspecified atom stereocenters. The highest BCUT2D eigenvalue weighted by atomic mass is 16.9. The zero-order chi connectivity index (χ0) is 46.1. The first kappa shape index (κ1) is 42.1. The predicted molar refractivity (Wildman–Crippen MR) is 263 cm³/mol. The topological polar surface area (TPSA) is 130 Å². The fourth-order valence-corrected chi connectivity index (χ4v) is 10.1. The first-order valence-electron chi connectivity index (χ1n) is 23.0. The lowest BCUT2D eigenvalue weighted by Crippen LogP contribution is -2.56. The van der Waals surface area contributed by atoms with Crippen LogP contribution in [0.4, 0.5) is 0 Å². The lowest BCUT2D eigenvalue weighted by atomic mass is 9.99. The molecule has 11 heteroatoms. The fraction of sp³-hybridized carbons (Fsp3) is 0.211. The Hall–Kier alpha value is -7.25. The average molecular weight is 901 g/mol. The van der Waals surface area contributed by atoms with Gasteiger partial charge in [-0.25, -0.2) is 14.8 Å². The van der Waals surface area contributed by atoms with Crippen LogP contribution in [0.2, 0.25) is 0 Å². The number of benzene rings is 4. The second-order valence-corrected chi connectivity index (χ2v) is 18.5. The number of aromatic amines is 2. The Kier molecular flexibility index (Phi) is 10.2. The van der Waals surface area contributed by atoms with Gasteiger partial charge in [0.15, 0.2) is 17.9 Å². The van der Waals surface area contributed by atoms with Gasteiger partial charge in [-0.05, 0) is 111 Å². The van der Waals surface area contributed by atoms with Crippen LogP contribution in [0, 0.1) is 0 Å². The van der Waals surface area contributed by atoms with Crippen LogP contribution in [0.15, 0.2) is 140 Å². The van der Waals surface area contributed by atoms with Crippen LogP contribution < -0.4 is 0 Å². The van der Waals surface area contributed by atoms with E-state index in [1.807, 2.05) is 94.4 Å². The van der Waals surface area contributed by atoms with Gasteiger partial charge in [0.2, 0.25) is 0 Å². The van der Waals surface area contributed by atoms with Gasteiger partial charge in [-0.1, -0.05) is 103 Å². The van der Waals surface area contributed by atoms with Gasteiger partial charge >= 0.3 is 5.97 Å². The summed E-state index contributed by atoms with van der Waals surface area (Å²) in [6, 6.07) is 47.1. The third kappa shape index (κ3) is 7.68. The molecule has 338 valence electrons. The van der Waals surface area contributed by atoms with E-state index in [1.54, 1.807) is 12.1 Å². The number of hydrogen-bond donors (Lipinski definition) is 2. The lowest BCUT2D eigenvalue weighted by Gasteiger charge is -2.36. The average Bonchev–Trinajstić information content (AvgIpc) is 4.22. The number of aromatic nitrogens is 4. The molecular formula is C57H48N4O7. The molecule has 8 heterocycles. The van der Waals surface area contributed by atoms with Crippen LogP contribution in [0.25, 0.3) is 90.9 Å². The maximum Gasteiger partial charge on any atom is 0.338 e. The number of nitrogens with one attached hydrogen (secondary N) is 2. The van der Waals surface area contributed by atoms with Crippen molar-refractivity contribution in [1.82, 2.24) is 19.9 Å². The molecule has 68 heavy (non-hydrogen) atoms. The van der Waals surface area contributed by atoms with Crippen molar-refractivity contribution >= 4 is 52.3 Å². The number of carbonyl (C=O) groups is 1. The summed E-state index contributed by atoms with van der Waals surface area (Å²) < 4.78 is 37.0. The molecular weight excluding hydrogens is 853 g/mol. The highest BCUT2D eigenvalue weighted by molar-refractivity contribution is 6.00. The molecule has 0 spiro atoms. The van der Waals surface area contributed by atoms with E-state index in [-0.39, 0.29) is 6.61 Å². The van der Waals surface area contributed by atoms with Gasteiger partial charge in [0, 0.05) is 44.3 Å². The molecule has 3 fully saturated rings. The smallest absolute Gasteiger partial charge is 0.338 e. The van der Waals surface area contributed by atoms with Gasteiger partial charge in [-0.3, -0.25) is 0 Å². The summed E-state index contributed by atoms with van der Waals surface area (Å²) in [5.74, 6) is -2.23. The minimum absolute atomic E-state index is 0.0668. The Bertz CT molecular complexity index is 3180. The number of esters is 1. The monoisotopic (exact) mass is 900 g/mol. The van der Waals surface area contributed by atoms with E-state index in [4.69, 9.17) is 38.4 Å². The van der Waals surface area contributed by atoms with E-state index in [1.165, 1.54) is 0 Å². The molecule has 7 aromatic rings. The van der Waals surface area contributed by atoms with Crippen molar-refractivity contribution in [2.45, 2.75) is 70.0 Å². The van der Waals surface area contributed by atoms with Crippen LogP contribution in [0.1, 0.15) is 60.8 Å². The van der Waals surface area contributed by atoms with Gasteiger partial charge in [0.05, 0.1) is 28.3 Å². The highest BCUT2D eigenvalue weighted by Crippen LogP contribution is 2.45. The molecule has 11 nitrogen and oxygen atoms in total. The Labute approximate surface area is 393 Å². The third-order valence-corrected chi connectivity index (χ3v) is 13.0. The van der Waals surface area contributed by atoms with E-state index in [0.717, 1.165) is 89.4 Å². The molecule has 12 rings (SSSR count). The maximum absolute atomic E-state index is 13.8. The van der Waals surface area contributed by atoms with Gasteiger partial charge in [0.1, 0.15) is 31.0 Å². The van der Waals surface area contributed by atoms with Gasteiger partial charge in [0.25, 0.3) is 0 Å². The van der Waals surface area contributed by atoms with E-state index in [9.17, 15) is 4.79 Å². The summed E-state index contributed by atoms with van der Waals surface area (Å²) in [4.78, 5) is 32.2. The maximum atomic E-state index is 13.8. The Morgan fingerprint density at radius 3 is 1.41 bits per heavy atom. The SMILES string of the molecule is CC1(C)O[C@H]2[C@@H](O1)[C@@H](COC(=O)c1ccc(-c3c4nc(c(-c5ccccc5)c5ccc([nH]5)c(-c5ccccc5)c5ccc([nH]5)c(-c5ccccc5)c5nc3C=C5)C=C4)cc1)O[C@@H]1OC(C)(C)O[C@@H]12. The van der Waals surface area contributed by atoms with Crippen LogP contribution >= 0.6 is 0 Å². The van der Waals surface area contributed by atoms with Gasteiger partial charge in [-0.2, -0.15) is 0 Å². The predicted octanol–water partition coefficient (Wildman–Crippen LogP) is 11.9. The van der Waals surface area contributed by atoms with Crippen molar-refractivity contribution in [1.29, 1.82) is 0 Å². The van der Waals surface area contributed by atoms with Crippen LogP contribution in [0.3, 0.4) is 0 Å². The second-order valence-electron chi connectivity index (χ2n) is 18.5. The van der Waals surface area contributed by atoms with Crippen LogP contribution in [-0.2, 0) is 28.4 Å². The molecule has 5 aliphatic heterocycles. The summed E-state index contributed by atoms with van der Waals surface area (Å²) >= 11 is 0. The van der Waals surface area contributed by atoms with Crippen molar-refractivity contribution in [3.05, 3.63) is 168 Å². The molecule has 4 aromatic carbocycles. The summed E-state index contributed by atoms with van der Waals surface area (Å²) in [5, 5.41) is 0. The van der Waals surface area contributed by atoms with Crippen molar-refractivity contribution < 1.29 is 33.2 Å². The van der Waals surface area contributed by atoms with Crippen molar-refractivity contribution in [3.8, 4) is 44.5 Å². The molecule has 0 amide bonds. The largest absolute Gasteiger partial charge is 0.459 e. The molecule has 0 saturated carbocycles. The lowest BCUT2D eigenvalue weighted by molar-refractivity contribution is -0.240. The normalized spacial score (nSPS) is 21.9. The third-order valence-electron chi connectivity index (χ3n) is 13.0. The number of carbonyl (C=O) groups excluding carboxylic acids is 1. The molecule has 8 bridgehead atoms. The quantitative estimate of drug-likeness (QED) is 0.150. The van der Waals surface area contributed by atoms with E-state index >= 15 is 0 Å². The second kappa shape index (κ2) is 16.5. The Balaban J connectivity index is 0.984. The van der Waals surface area contributed by atoms with Crippen molar-refractivity contribution in [2.75, 3.05) is 6.61 Å². The van der Waals surface area contributed by atoms with Crippen molar-refractivity contribution in [3.63, 3.8) is 0 Å². The van der Waals surface area contributed by atoms with Gasteiger partial charge < -0.3 is 38.4 Å². The van der Waals surface area contributed by atoms with Crippen LogP contribution in [0.5, 0.6) is 0 Å². The molecule has 3 saturated heterocycles. The minimum atomic E-state index is -0.872. The summed E-state index contributed by atoms with van der Waals surface area (Å²) in [5.41, 5.74) is 14.9. The zero-order valence-electron chi connectivity index (χ0n) is 37.9. The fourth-order valence-electron chi connectivity index (χ4n) is 10.1. The molecule has 5 atom stereocenters. The molecule has 3 aromatic heterocycles. The number of rotatable bonds is 7. The van der Waals surface area contributed by atoms with E-state index in [0.29, 0.717) is 5.56 Å². The number of ether oxygens (including phenoxy) is 6. The Morgan fingerprint density at radius 1 is 0.485 bits per heavy atom. The number of fused-ring (bicyclic) bond motifs is 11. The number of H-pyrrole nitrogens is 2. The molecule has 2 N–H and O–H groups in total. The standard InChI is InChI=1S/C57H48N4O7/c1-56(2)65-51-46(64-55-53(52(51)66-56)67-57(3,4)68-55)32-63-54(62)37-22-20-36(21-23-37)50-44-30-28-42(60-44)48(34-16-10-6-11-17-34)40-26-24-38(58-40)47(33-14-8-5-9-15-33)39-25-27-41(59-39)49(35-18-12-7-13-19-35)43-29-31-45(50)61-43/h5-31,46,51-53,55,58-59H,32H2,1-4H3/t46-,51+,52+,53-,55-/m1/s1. The van der Waals surface area contributed by atoms with E-state index in [2.05, 4.69) is 94.9 Å². The summed E-state index contributed by atoms with van der Waals surface area (Å²) in [6.07, 6.45) is 5.44. The number of nitrogens with zero attached hydrogens (tertiary/aromatic N) is 2. The zero-order valence-corrected chi connectivity index (χ0v) is 37.9. The highest BCUT2D eigenvalue weighted by Gasteiger charge is 2.61. The first-order valence-corrected chi connectivity index (χ1v) is 23.0. The molecule has 0 radical (unpaired) electrons. The Morgan fingerprint density at radius 2 is 0.897 bits per heavy atom. The van der Waals surface area contributed by atoms with Crippen molar-refractivity contribution in [2.24, 2.45) is 0 Å². The minimum Gasteiger partial charge on any atom is -0.459 e. The van der Waals surface area contributed by atoms with Gasteiger partial charge in [-0.15, -0.1) is 0 Å². The number of hydrogen-bond acceptors (Lipinski definition) is 9. The van der Waals surface area contributed by atoms with Crippen LogP contribution in [-0.4, -0.2) is 74.8 Å². The first-order chi connectivity index (χ1) is 33.0.